The van der Waals surface area contributed by atoms with Crippen LogP contribution in [0.5, 0.6) is 0 Å². The van der Waals surface area contributed by atoms with Gasteiger partial charge in [-0.2, -0.15) is 0 Å². The van der Waals surface area contributed by atoms with Gasteiger partial charge in [-0.05, 0) is 61.7 Å². The van der Waals surface area contributed by atoms with Gasteiger partial charge in [0.1, 0.15) is 0 Å². The molecule has 0 amide bonds. The molecule has 0 aromatic rings. The molecule has 4 aliphatic rings. The van der Waals surface area contributed by atoms with Crippen molar-refractivity contribution in [3.05, 3.63) is 10.1 Å². The van der Waals surface area contributed by atoms with Crippen LogP contribution in [0.25, 0.3) is 0 Å². The molecule has 3 nitrogen and oxygen atoms in total. The average Bonchev–Trinajstić information content (AvgIpc) is 2.12. The Morgan fingerprint density at radius 2 is 1.53 bits per heavy atom. The van der Waals surface area contributed by atoms with Crippen LogP contribution in [0.3, 0.4) is 0 Å². The molecule has 0 aromatic heterocycles. The molecule has 0 saturated heterocycles. The second kappa shape index (κ2) is 3.19. The van der Waals surface area contributed by atoms with E-state index in [4.69, 9.17) is 0 Å². The molecule has 0 spiro atoms. The highest BCUT2D eigenvalue weighted by molar-refractivity contribution is 5.01. The first-order chi connectivity index (χ1) is 7.15. The smallest absolute Gasteiger partial charge is 0.204 e. The van der Waals surface area contributed by atoms with Crippen molar-refractivity contribution in [2.45, 2.75) is 44.9 Å². The maximum Gasteiger partial charge on any atom is 0.204 e. The van der Waals surface area contributed by atoms with E-state index < -0.39 is 0 Å². The Bertz CT molecular complexity index is 252. The van der Waals surface area contributed by atoms with Gasteiger partial charge in [0.2, 0.25) is 6.54 Å². The Morgan fingerprint density at radius 1 is 1.07 bits per heavy atom. The van der Waals surface area contributed by atoms with E-state index in [2.05, 4.69) is 0 Å². The first-order valence-electron chi connectivity index (χ1n) is 6.27. The molecule has 4 rings (SSSR count). The summed E-state index contributed by atoms with van der Waals surface area (Å²) in [6, 6.07) is 0. The summed E-state index contributed by atoms with van der Waals surface area (Å²) in [6.45, 7) is 0.201. The van der Waals surface area contributed by atoms with Gasteiger partial charge in [-0.1, -0.05) is 0 Å². The molecule has 0 radical (unpaired) electrons. The van der Waals surface area contributed by atoms with Crippen LogP contribution in [-0.4, -0.2) is 11.5 Å². The lowest BCUT2D eigenvalue weighted by molar-refractivity contribution is -0.484. The van der Waals surface area contributed by atoms with E-state index in [1.807, 2.05) is 0 Å². The van der Waals surface area contributed by atoms with Crippen LogP contribution in [0.1, 0.15) is 44.9 Å². The van der Waals surface area contributed by atoms with E-state index in [1.54, 1.807) is 0 Å². The molecule has 4 aliphatic carbocycles. The first-order valence-corrected chi connectivity index (χ1v) is 6.27. The first kappa shape index (κ1) is 9.61. The van der Waals surface area contributed by atoms with E-state index in [1.165, 1.54) is 38.5 Å². The zero-order chi connectivity index (χ0) is 10.5. The summed E-state index contributed by atoms with van der Waals surface area (Å²) in [5.74, 6) is 2.76. The van der Waals surface area contributed by atoms with E-state index in [0.29, 0.717) is 5.41 Å². The summed E-state index contributed by atoms with van der Waals surface area (Å²) in [5, 5.41) is 10.5. The molecule has 4 fully saturated rings. The van der Waals surface area contributed by atoms with Crippen molar-refractivity contribution in [3.63, 3.8) is 0 Å². The van der Waals surface area contributed by atoms with Crippen molar-refractivity contribution in [2.24, 2.45) is 23.2 Å². The summed E-state index contributed by atoms with van der Waals surface area (Å²) in [7, 11) is 0. The van der Waals surface area contributed by atoms with Crippen LogP contribution in [0.4, 0.5) is 0 Å². The topological polar surface area (TPSA) is 43.1 Å². The highest BCUT2D eigenvalue weighted by atomic mass is 16.6. The van der Waals surface area contributed by atoms with Crippen molar-refractivity contribution in [1.29, 1.82) is 0 Å². The summed E-state index contributed by atoms with van der Waals surface area (Å²) in [5.41, 5.74) is 0.391. The van der Waals surface area contributed by atoms with Gasteiger partial charge >= 0.3 is 0 Å². The van der Waals surface area contributed by atoms with Crippen molar-refractivity contribution in [2.75, 3.05) is 6.54 Å². The van der Waals surface area contributed by atoms with Gasteiger partial charge < -0.3 is 0 Å². The van der Waals surface area contributed by atoms with E-state index >= 15 is 0 Å². The maximum atomic E-state index is 10.5. The normalized spacial score (nSPS) is 47.1. The van der Waals surface area contributed by atoms with Crippen molar-refractivity contribution < 1.29 is 4.92 Å². The molecule has 0 N–H and O–H groups in total. The summed E-state index contributed by atoms with van der Waals surface area (Å²) < 4.78 is 0. The third kappa shape index (κ3) is 1.66. The molecule has 0 atom stereocenters. The van der Waals surface area contributed by atoms with Crippen LogP contribution in [0, 0.1) is 33.3 Å². The molecule has 15 heavy (non-hydrogen) atoms. The molecule has 3 heteroatoms. The Kier molecular flexibility index (Phi) is 2.05. The van der Waals surface area contributed by atoms with Crippen molar-refractivity contribution in [1.82, 2.24) is 0 Å². The number of rotatable bonds is 3. The number of hydrogen-bond acceptors (Lipinski definition) is 2. The largest absolute Gasteiger partial charge is 0.265 e. The van der Waals surface area contributed by atoms with Crippen LogP contribution in [0.15, 0.2) is 0 Å². The lowest BCUT2D eigenvalue weighted by Gasteiger charge is -2.56. The molecule has 84 valence electrons. The zero-order valence-corrected chi connectivity index (χ0v) is 9.15. The third-order valence-electron chi connectivity index (χ3n) is 4.99. The standard InChI is InChI=1S/C12H19NO2/c14-13(15)2-1-12-6-9-3-10(7-12)5-11(4-9)8-12/h9-11H,1-8H2. The van der Waals surface area contributed by atoms with Crippen LogP contribution in [-0.2, 0) is 0 Å². The van der Waals surface area contributed by atoms with Gasteiger partial charge in [-0.25, -0.2) is 0 Å². The average molecular weight is 209 g/mol. The van der Waals surface area contributed by atoms with Crippen molar-refractivity contribution in [3.8, 4) is 0 Å². The Labute approximate surface area is 90.4 Å². The second-order valence-electron chi connectivity index (χ2n) is 6.22. The molecule has 0 unspecified atom stereocenters. The van der Waals surface area contributed by atoms with E-state index in [9.17, 15) is 10.1 Å². The van der Waals surface area contributed by atoms with Gasteiger partial charge in [0.25, 0.3) is 0 Å². The van der Waals surface area contributed by atoms with E-state index in [0.717, 1.165) is 24.2 Å². The van der Waals surface area contributed by atoms with Crippen LogP contribution < -0.4 is 0 Å². The highest BCUT2D eigenvalue weighted by Gasteiger charge is 2.50. The number of nitrogens with zero attached hydrogens (tertiary/aromatic N) is 1. The van der Waals surface area contributed by atoms with Gasteiger partial charge in [0.15, 0.2) is 0 Å². The predicted molar refractivity (Wildman–Crippen MR) is 57.1 cm³/mol. The van der Waals surface area contributed by atoms with Gasteiger partial charge in [0.05, 0.1) is 0 Å². The molecule has 0 aromatic carbocycles. The minimum atomic E-state index is -0.126. The highest BCUT2D eigenvalue weighted by Crippen LogP contribution is 2.61. The molecule has 4 saturated carbocycles. The van der Waals surface area contributed by atoms with Gasteiger partial charge in [-0.15, -0.1) is 0 Å². The molecule has 4 bridgehead atoms. The Morgan fingerprint density at radius 3 is 1.93 bits per heavy atom. The summed E-state index contributed by atoms with van der Waals surface area (Å²) >= 11 is 0. The van der Waals surface area contributed by atoms with Crippen molar-refractivity contribution >= 4 is 0 Å². The SMILES string of the molecule is O=[N+]([O-])CCC12CC3CC(CC(C3)C1)C2. The second-order valence-corrected chi connectivity index (χ2v) is 6.22. The van der Waals surface area contributed by atoms with Crippen LogP contribution >= 0.6 is 0 Å². The number of nitro groups is 1. The van der Waals surface area contributed by atoms with Gasteiger partial charge in [-0.3, -0.25) is 10.1 Å². The molecular formula is C12H19NO2. The number of hydrogen-bond donors (Lipinski definition) is 0. The molecular weight excluding hydrogens is 190 g/mol. The van der Waals surface area contributed by atoms with Gasteiger partial charge in [0, 0.05) is 11.3 Å². The minimum absolute atomic E-state index is 0.126. The minimum Gasteiger partial charge on any atom is -0.265 e. The summed E-state index contributed by atoms with van der Waals surface area (Å²) in [4.78, 5) is 10.4. The lowest BCUT2D eigenvalue weighted by atomic mass is 9.49. The molecule has 0 heterocycles. The quantitative estimate of drug-likeness (QED) is 0.530. The summed E-state index contributed by atoms with van der Waals surface area (Å²) in [6.07, 6.45) is 9.03. The zero-order valence-electron chi connectivity index (χ0n) is 9.15. The Hall–Kier alpha value is -0.600. The fourth-order valence-electron chi connectivity index (χ4n) is 4.92. The third-order valence-corrected chi connectivity index (χ3v) is 4.99. The maximum absolute atomic E-state index is 10.5. The fraction of sp³-hybridized carbons (Fsp3) is 1.00. The molecule has 0 aliphatic heterocycles. The Balaban J connectivity index is 1.72. The lowest BCUT2D eigenvalue weighted by Crippen LogP contribution is -2.46. The monoisotopic (exact) mass is 209 g/mol. The van der Waals surface area contributed by atoms with E-state index in [-0.39, 0.29) is 11.5 Å². The van der Waals surface area contributed by atoms with Crippen LogP contribution in [0.2, 0.25) is 0 Å². The fourth-order valence-corrected chi connectivity index (χ4v) is 4.92. The predicted octanol–water partition coefficient (Wildman–Crippen LogP) is 2.87.